The van der Waals surface area contributed by atoms with Crippen molar-refractivity contribution in [3.8, 4) is 11.5 Å². The van der Waals surface area contributed by atoms with Crippen LogP contribution in [0, 0.1) is 0 Å². The van der Waals surface area contributed by atoms with Gasteiger partial charge in [-0.15, -0.1) is 24.0 Å². The maximum Gasteiger partial charge on any atom is 0.191 e. The van der Waals surface area contributed by atoms with Gasteiger partial charge < -0.3 is 20.1 Å². The van der Waals surface area contributed by atoms with E-state index >= 15 is 0 Å². The average molecular weight is 447 g/mol. The summed E-state index contributed by atoms with van der Waals surface area (Å²) in [4.78, 5) is 4.64. The van der Waals surface area contributed by atoms with E-state index in [0.717, 1.165) is 49.0 Å². The first-order valence-corrected chi connectivity index (χ1v) is 8.62. The van der Waals surface area contributed by atoms with Gasteiger partial charge in [0.15, 0.2) is 5.96 Å². The van der Waals surface area contributed by atoms with Crippen LogP contribution < -0.4 is 20.1 Å². The molecule has 2 rings (SSSR count). The molecule has 0 heterocycles. The third-order valence-electron chi connectivity index (χ3n) is 3.97. The number of ether oxygens (including phenoxy) is 2. The number of rotatable bonds is 7. The lowest BCUT2D eigenvalue weighted by Gasteiger charge is -2.17. The van der Waals surface area contributed by atoms with Gasteiger partial charge in [0.1, 0.15) is 11.5 Å². The lowest BCUT2D eigenvalue weighted by atomic mass is 10.2. The summed E-state index contributed by atoms with van der Waals surface area (Å²) in [5.41, 5.74) is 1.09. The molecule has 0 bridgehead atoms. The molecule has 1 fully saturated rings. The highest BCUT2D eigenvalue weighted by atomic mass is 127. The average Bonchev–Trinajstić information content (AvgIpc) is 3.07. The molecule has 1 saturated carbocycles. The molecule has 0 aliphatic heterocycles. The predicted octanol–water partition coefficient (Wildman–Crippen LogP) is 3.71. The Bertz CT molecular complexity index is 509. The molecule has 0 saturated heterocycles. The van der Waals surface area contributed by atoms with Crippen molar-refractivity contribution in [1.82, 2.24) is 10.6 Å². The fraction of sp³-hybridized carbons (Fsp3) is 0.611. The van der Waals surface area contributed by atoms with Crippen molar-refractivity contribution < 1.29 is 9.47 Å². The molecule has 6 heteroatoms. The largest absolute Gasteiger partial charge is 0.497 e. The minimum Gasteiger partial charge on any atom is -0.497 e. The number of benzene rings is 1. The molecule has 2 N–H and O–H groups in total. The van der Waals surface area contributed by atoms with Gasteiger partial charge in [0.25, 0.3) is 0 Å². The lowest BCUT2D eigenvalue weighted by Crippen LogP contribution is -2.37. The van der Waals surface area contributed by atoms with Crippen molar-refractivity contribution in [3.05, 3.63) is 23.8 Å². The summed E-state index contributed by atoms with van der Waals surface area (Å²) in [6.07, 6.45) is 5.12. The molecule has 5 nitrogen and oxygen atoms in total. The first-order chi connectivity index (χ1) is 11.3. The summed E-state index contributed by atoms with van der Waals surface area (Å²) in [7, 11) is 1.68. The number of hydrogen-bond donors (Lipinski definition) is 2. The summed E-state index contributed by atoms with van der Waals surface area (Å²) >= 11 is 0. The Hall–Kier alpha value is -1.18. The smallest absolute Gasteiger partial charge is 0.191 e. The van der Waals surface area contributed by atoms with Crippen molar-refractivity contribution in [1.29, 1.82) is 0 Å². The summed E-state index contributed by atoms with van der Waals surface area (Å²) < 4.78 is 11.5. The van der Waals surface area contributed by atoms with Gasteiger partial charge in [0.2, 0.25) is 0 Å². The van der Waals surface area contributed by atoms with E-state index < -0.39 is 0 Å². The van der Waals surface area contributed by atoms with Gasteiger partial charge in [-0.05, 0) is 51.7 Å². The molecule has 0 radical (unpaired) electrons. The van der Waals surface area contributed by atoms with Crippen LogP contribution in [0.5, 0.6) is 11.5 Å². The van der Waals surface area contributed by atoms with Crippen molar-refractivity contribution in [2.24, 2.45) is 4.99 Å². The Balaban J connectivity index is 0.00000288. The maximum absolute atomic E-state index is 6.21. The SMILES string of the molecule is CCNC(=NCc1ccc(OC)cc1OC1CCCC1)NCC.I. The molecule has 0 atom stereocenters. The van der Waals surface area contributed by atoms with Gasteiger partial charge >= 0.3 is 0 Å². The van der Waals surface area contributed by atoms with Crippen LogP contribution in [-0.4, -0.2) is 32.3 Å². The molecule has 0 unspecified atom stereocenters. The van der Waals surface area contributed by atoms with Crippen LogP contribution in [0.4, 0.5) is 0 Å². The maximum atomic E-state index is 6.21. The fourth-order valence-electron chi connectivity index (χ4n) is 2.76. The van der Waals surface area contributed by atoms with E-state index in [1.54, 1.807) is 7.11 Å². The third kappa shape index (κ3) is 6.37. The zero-order valence-electron chi connectivity index (χ0n) is 14.9. The van der Waals surface area contributed by atoms with Crippen LogP contribution in [0.2, 0.25) is 0 Å². The summed E-state index contributed by atoms with van der Waals surface area (Å²) in [5.74, 6) is 2.55. The monoisotopic (exact) mass is 447 g/mol. The van der Waals surface area contributed by atoms with Crippen molar-refractivity contribution >= 4 is 29.9 Å². The second-order valence-electron chi connectivity index (χ2n) is 5.72. The zero-order valence-corrected chi connectivity index (χ0v) is 17.3. The van der Waals surface area contributed by atoms with Gasteiger partial charge in [0, 0.05) is 24.7 Å². The number of hydrogen-bond acceptors (Lipinski definition) is 3. The highest BCUT2D eigenvalue weighted by Crippen LogP contribution is 2.30. The second kappa shape index (κ2) is 11.4. The minimum atomic E-state index is 0. The van der Waals surface area contributed by atoms with E-state index in [2.05, 4.69) is 29.5 Å². The molecule has 0 amide bonds. The Morgan fingerprint density at radius 3 is 2.42 bits per heavy atom. The Kier molecular flexibility index (Phi) is 9.90. The van der Waals surface area contributed by atoms with E-state index in [9.17, 15) is 0 Å². The van der Waals surface area contributed by atoms with Crippen LogP contribution in [0.15, 0.2) is 23.2 Å². The zero-order chi connectivity index (χ0) is 16.5. The molecule has 136 valence electrons. The topological polar surface area (TPSA) is 54.9 Å². The van der Waals surface area contributed by atoms with Gasteiger partial charge in [-0.1, -0.05) is 0 Å². The van der Waals surface area contributed by atoms with E-state index in [4.69, 9.17) is 9.47 Å². The summed E-state index contributed by atoms with van der Waals surface area (Å²) in [6.45, 7) is 6.41. The number of methoxy groups -OCH3 is 1. The molecule has 1 aliphatic rings. The molecular weight excluding hydrogens is 417 g/mol. The number of guanidine groups is 1. The standard InChI is InChI=1S/C18H29N3O2.HI/c1-4-19-18(20-5-2)21-13-14-10-11-16(22-3)12-17(14)23-15-8-6-7-9-15;/h10-12,15H,4-9,13H2,1-3H3,(H2,19,20,21);1H. The van der Waals surface area contributed by atoms with Crippen molar-refractivity contribution in [2.45, 2.75) is 52.2 Å². The van der Waals surface area contributed by atoms with Gasteiger partial charge in [0.05, 0.1) is 19.8 Å². The summed E-state index contributed by atoms with van der Waals surface area (Å²) in [5, 5.41) is 6.48. The van der Waals surface area contributed by atoms with Crippen LogP contribution in [-0.2, 0) is 6.54 Å². The van der Waals surface area contributed by atoms with Gasteiger partial charge in [-0.3, -0.25) is 0 Å². The van der Waals surface area contributed by atoms with E-state index in [1.807, 2.05) is 18.2 Å². The van der Waals surface area contributed by atoms with Gasteiger partial charge in [-0.2, -0.15) is 0 Å². The molecular formula is C18H30IN3O2. The molecule has 1 aliphatic carbocycles. The number of halogens is 1. The first-order valence-electron chi connectivity index (χ1n) is 8.62. The Morgan fingerprint density at radius 1 is 1.17 bits per heavy atom. The van der Waals surface area contributed by atoms with E-state index in [-0.39, 0.29) is 24.0 Å². The molecule has 0 aromatic heterocycles. The number of nitrogens with zero attached hydrogens (tertiary/aromatic N) is 1. The molecule has 1 aromatic carbocycles. The van der Waals surface area contributed by atoms with E-state index in [0.29, 0.717) is 12.6 Å². The first kappa shape index (κ1) is 20.9. The molecule has 1 aromatic rings. The lowest BCUT2D eigenvalue weighted by molar-refractivity contribution is 0.207. The van der Waals surface area contributed by atoms with Crippen LogP contribution in [0.3, 0.4) is 0 Å². The van der Waals surface area contributed by atoms with Crippen LogP contribution in [0.25, 0.3) is 0 Å². The number of aliphatic imine (C=N–C) groups is 1. The quantitative estimate of drug-likeness (QED) is 0.380. The number of nitrogens with one attached hydrogen (secondary N) is 2. The van der Waals surface area contributed by atoms with Gasteiger partial charge in [-0.25, -0.2) is 4.99 Å². The molecule has 0 spiro atoms. The summed E-state index contributed by atoms with van der Waals surface area (Å²) in [6, 6.07) is 5.98. The highest BCUT2D eigenvalue weighted by Gasteiger charge is 2.18. The third-order valence-corrected chi connectivity index (χ3v) is 3.97. The van der Waals surface area contributed by atoms with Crippen molar-refractivity contribution in [3.63, 3.8) is 0 Å². The fourth-order valence-corrected chi connectivity index (χ4v) is 2.76. The van der Waals surface area contributed by atoms with E-state index in [1.165, 1.54) is 12.8 Å². The minimum absolute atomic E-state index is 0. The normalized spacial score (nSPS) is 13.8. The van der Waals surface area contributed by atoms with Crippen LogP contribution >= 0.6 is 24.0 Å². The van der Waals surface area contributed by atoms with Crippen molar-refractivity contribution in [2.75, 3.05) is 20.2 Å². The molecule has 24 heavy (non-hydrogen) atoms. The second-order valence-corrected chi connectivity index (χ2v) is 5.72. The van der Waals surface area contributed by atoms with Crippen LogP contribution in [0.1, 0.15) is 45.1 Å². The predicted molar refractivity (Wildman–Crippen MR) is 110 cm³/mol. The highest BCUT2D eigenvalue weighted by molar-refractivity contribution is 14.0. The Morgan fingerprint density at radius 2 is 1.83 bits per heavy atom. The Labute approximate surface area is 162 Å².